The molecule has 7 rings (SSSR count). The number of aliphatic hydroxyl groups is 5. The van der Waals surface area contributed by atoms with Crippen LogP contribution in [-0.4, -0.2) is 121 Å². The minimum Gasteiger partial charge on any atom is -0.472 e. The highest BCUT2D eigenvalue weighted by Gasteiger charge is 3.07. The van der Waals surface area contributed by atoms with Crippen LogP contribution in [0.1, 0.15) is 79.4 Å². The van der Waals surface area contributed by atoms with E-state index < -0.39 is 148 Å². The van der Waals surface area contributed by atoms with Crippen LogP contribution in [-0.2, 0) is 57.2 Å². The highest BCUT2D eigenvalue weighted by Crippen LogP contribution is 2.91. The standard InChI is InChI=1S/C37H46O18/c1-15(2)26(43)54-23(19-9-10-50-12-19)32-14-33(32)22(42)27(44)55-29-35(46)28(53-18(5)40)30(6)13-34(35,45)31(7,20(30)11-21(41)49-8)36(47,37(29,33)48)25(52-17(4)39)24(32)51-16(3)38/h9-10,12,15,20,22-25,28-29,42,45-48H,11,13-14H2,1-8H3/t20-,22+,23+,24-,25+,28-,29+,30+,31?,32+,33+,34?,35?,36-,37-/m0/s1. The molecule has 0 radical (unpaired) electrons. The van der Waals surface area contributed by atoms with Crippen LogP contribution in [0.5, 0.6) is 0 Å². The van der Waals surface area contributed by atoms with Gasteiger partial charge in [-0.2, -0.15) is 0 Å². The molecule has 18 nitrogen and oxygen atoms in total. The summed E-state index contributed by atoms with van der Waals surface area (Å²) < 4.78 is 39.8. The van der Waals surface area contributed by atoms with Crippen LogP contribution in [0, 0.1) is 33.5 Å². The third kappa shape index (κ3) is 4.01. The maximum Gasteiger partial charge on any atom is 0.336 e. The largest absolute Gasteiger partial charge is 0.472 e. The Hall–Kier alpha value is -4.10. The average molecular weight is 779 g/mol. The number of furan rings is 1. The molecule has 5 saturated carbocycles. The van der Waals surface area contributed by atoms with E-state index >= 15 is 0 Å². The minimum atomic E-state index is -3.29. The summed E-state index contributed by atoms with van der Waals surface area (Å²) in [6.07, 6.45) is -12.3. The van der Waals surface area contributed by atoms with Gasteiger partial charge in [0.15, 0.2) is 30.0 Å². The molecule has 6 fully saturated rings. The molecular formula is C37H46O18. The molecule has 5 N–H and O–H groups in total. The molecule has 18 heteroatoms. The zero-order chi connectivity index (χ0) is 40.9. The Kier molecular flexibility index (Phi) is 8.18. The van der Waals surface area contributed by atoms with E-state index in [2.05, 4.69) is 0 Å². The van der Waals surface area contributed by atoms with Gasteiger partial charge in [0.25, 0.3) is 0 Å². The fourth-order valence-corrected chi connectivity index (χ4v) is 12.5. The lowest BCUT2D eigenvalue weighted by atomic mass is 9.33. The van der Waals surface area contributed by atoms with E-state index in [4.69, 9.17) is 32.8 Å². The highest BCUT2D eigenvalue weighted by molar-refractivity contribution is 5.82. The van der Waals surface area contributed by atoms with Gasteiger partial charge in [-0.25, -0.2) is 4.79 Å². The van der Waals surface area contributed by atoms with Gasteiger partial charge < -0.3 is 58.4 Å². The van der Waals surface area contributed by atoms with Crippen molar-refractivity contribution in [2.45, 2.75) is 127 Å². The number of hydrogen-bond donors (Lipinski definition) is 5. The number of aliphatic hydroxyl groups excluding tert-OH is 1. The van der Waals surface area contributed by atoms with Crippen molar-refractivity contribution in [1.29, 1.82) is 0 Å². The Balaban J connectivity index is 1.64. The van der Waals surface area contributed by atoms with E-state index in [1.54, 1.807) is 0 Å². The molecule has 1 spiro atoms. The molecule has 5 aliphatic carbocycles. The molecule has 1 aliphatic heterocycles. The number of methoxy groups -OCH3 is 1. The topological polar surface area (TPSA) is 272 Å². The molecule has 15 atom stereocenters. The number of hydrogen-bond acceptors (Lipinski definition) is 18. The predicted molar refractivity (Wildman–Crippen MR) is 175 cm³/mol. The number of ether oxygens (including phenoxy) is 6. The molecule has 1 aromatic rings. The van der Waals surface area contributed by atoms with Gasteiger partial charge in [-0.15, -0.1) is 0 Å². The number of rotatable bonds is 9. The second-order valence-corrected chi connectivity index (χ2v) is 16.9. The van der Waals surface area contributed by atoms with Gasteiger partial charge >= 0.3 is 35.8 Å². The van der Waals surface area contributed by atoms with Gasteiger partial charge in [0.1, 0.15) is 29.0 Å². The minimum absolute atomic E-state index is 0.0667. The number of carbonyl (C=O) groups excluding carboxylic acids is 6. The van der Waals surface area contributed by atoms with Crippen molar-refractivity contribution in [2.75, 3.05) is 7.11 Å². The van der Waals surface area contributed by atoms with E-state index in [1.165, 1.54) is 40.0 Å². The maximum absolute atomic E-state index is 14.1. The lowest BCUT2D eigenvalue weighted by molar-refractivity contribution is -0.465. The van der Waals surface area contributed by atoms with E-state index in [-0.39, 0.29) is 5.56 Å². The summed E-state index contributed by atoms with van der Waals surface area (Å²) in [6, 6.07) is 1.37. The van der Waals surface area contributed by atoms with Gasteiger partial charge in [0, 0.05) is 43.6 Å². The first kappa shape index (κ1) is 39.1. The molecule has 55 heavy (non-hydrogen) atoms. The molecule has 2 bridgehead atoms. The molecule has 6 aliphatic rings. The van der Waals surface area contributed by atoms with E-state index in [0.29, 0.717) is 0 Å². The zero-order valence-corrected chi connectivity index (χ0v) is 31.5. The van der Waals surface area contributed by atoms with E-state index in [1.807, 2.05) is 0 Å². The Morgan fingerprint density at radius 3 is 2.04 bits per heavy atom. The Bertz CT molecular complexity index is 1880. The molecule has 0 amide bonds. The van der Waals surface area contributed by atoms with Crippen LogP contribution in [0.4, 0.5) is 0 Å². The van der Waals surface area contributed by atoms with Gasteiger partial charge in [0.2, 0.25) is 0 Å². The van der Waals surface area contributed by atoms with Crippen LogP contribution >= 0.6 is 0 Å². The summed E-state index contributed by atoms with van der Waals surface area (Å²) in [5, 5.41) is 66.5. The van der Waals surface area contributed by atoms with Crippen molar-refractivity contribution in [2.24, 2.45) is 33.5 Å². The Labute approximate surface area is 314 Å². The summed E-state index contributed by atoms with van der Waals surface area (Å²) in [5.74, 6) is -8.57. The summed E-state index contributed by atoms with van der Waals surface area (Å²) in [7, 11) is 1.08. The molecule has 0 aromatic carbocycles. The van der Waals surface area contributed by atoms with E-state index in [0.717, 1.165) is 34.1 Å². The van der Waals surface area contributed by atoms with Crippen molar-refractivity contribution in [3.63, 3.8) is 0 Å². The molecule has 1 saturated heterocycles. The van der Waals surface area contributed by atoms with E-state index in [9.17, 15) is 54.3 Å². The fraction of sp³-hybridized carbons (Fsp3) is 0.730. The lowest BCUT2D eigenvalue weighted by Gasteiger charge is -2.77. The van der Waals surface area contributed by atoms with Crippen LogP contribution in [0.2, 0.25) is 0 Å². The molecule has 3 unspecified atom stereocenters. The number of carbonyl (C=O) groups is 6. The first-order valence-corrected chi connectivity index (χ1v) is 18.0. The Morgan fingerprint density at radius 2 is 1.51 bits per heavy atom. The Morgan fingerprint density at radius 1 is 0.909 bits per heavy atom. The third-order valence-electron chi connectivity index (χ3n) is 14.4. The smallest absolute Gasteiger partial charge is 0.336 e. The number of esters is 6. The van der Waals surface area contributed by atoms with Crippen LogP contribution in [0.15, 0.2) is 23.0 Å². The van der Waals surface area contributed by atoms with Gasteiger partial charge in [-0.1, -0.05) is 27.7 Å². The second kappa shape index (κ2) is 11.5. The monoisotopic (exact) mass is 778 g/mol. The first-order chi connectivity index (χ1) is 25.4. The second-order valence-electron chi connectivity index (χ2n) is 16.9. The van der Waals surface area contributed by atoms with Crippen LogP contribution in [0.25, 0.3) is 0 Å². The van der Waals surface area contributed by atoms with Gasteiger partial charge in [-0.3, -0.25) is 24.0 Å². The summed E-state index contributed by atoms with van der Waals surface area (Å²) >= 11 is 0. The van der Waals surface area contributed by atoms with Gasteiger partial charge in [0.05, 0.1) is 36.4 Å². The van der Waals surface area contributed by atoms with Crippen molar-refractivity contribution in [3.8, 4) is 0 Å². The van der Waals surface area contributed by atoms with Crippen molar-refractivity contribution in [3.05, 3.63) is 24.2 Å². The van der Waals surface area contributed by atoms with Crippen molar-refractivity contribution >= 4 is 35.8 Å². The molecule has 2 heterocycles. The van der Waals surface area contributed by atoms with Crippen molar-refractivity contribution < 1.29 is 87.1 Å². The first-order valence-electron chi connectivity index (χ1n) is 18.0. The quantitative estimate of drug-likeness (QED) is 0.157. The molecule has 302 valence electrons. The number of fused-ring (bicyclic) bond motifs is 3. The third-order valence-corrected chi connectivity index (χ3v) is 14.4. The lowest BCUT2D eigenvalue weighted by Crippen LogP contribution is -2.98. The normalized spacial score (nSPS) is 47.4. The van der Waals surface area contributed by atoms with Crippen LogP contribution < -0.4 is 0 Å². The average Bonchev–Trinajstić information content (AvgIpc) is 3.32. The fourth-order valence-electron chi connectivity index (χ4n) is 12.5. The highest BCUT2D eigenvalue weighted by atomic mass is 16.6. The van der Waals surface area contributed by atoms with Gasteiger partial charge in [-0.05, 0) is 24.8 Å². The molecular weight excluding hydrogens is 732 g/mol. The summed E-state index contributed by atoms with van der Waals surface area (Å²) in [5.41, 5.74) is -21.2. The summed E-state index contributed by atoms with van der Waals surface area (Å²) in [6.45, 7) is 8.64. The maximum atomic E-state index is 14.1. The summed E-state index contributed by atoms with van der Waals surface area (Å²) in [4.78, 5) is 80.1. The molecule has 1 aromatic heterocycles. The van der Waals surface area contributed by atoms with Crippen LogP contribution in [0.3, 0.4) is 0 Å². The SMILES string of the molecule is COC(=O)C[C@@H]1C2(C)C3(O)C[C@@]1(C)[C@H](OC(C)=O)C3(O)[C@H]1OC(=O)[C@@H](O)[C@]34C[C@@]3([C@H](OC(=O)C(C)C)c3ccoc3)[C@@H](OC(C)=O)[C@@H](OC(C)=O)[C@@]2(O)[C@]14O. The van der Waals surface area contributed by atoms with Crippen molar-refractivity contribution in [1.82, 2.24) is 0 Å². The predicted octanol–water partition coefficient (Wildman–Crippen LogP) is -0.461. The zero-order valence-electron chi connectivity index (χ0n) is 31.5.